The number of hydrogen-bond acceptors (Lipinski definition) is 3. The lowest BCUT2D eigenvalue weighted by Crippen LogP contribution is -2.38. The van der Waals surface area contributed by atoms with Crippen LogP contribution in [0.2, 0.25) is 5.02 Å². The van der Waals surface area contributed by atoms with Crippen molar-refractivity contribution in [2.75, 3.05) is 7.05 Å². The van der Waals surface area contributed by atoms with Gasteiger partial charge in [-0.25, -0.2) is 4.79 Å². The lowest BCUT2D eigenvalue weighted by atomic mass is 10.1. The van der Waals surface area contributed by atoms with E-state index in [2.05, 4.69) is 10.5 Å². The van der Waals surface area contributed by atoms with Gasteiger partial charge in [-0.1, -0.05) is 35.0 Å². The minimum Gasteiger partial charge on any atom is -0.361 e. The fraction of sp³-hybridized carbons (Fsp3) is 0.412. The van der Waals surface area contributed by atoms with Crippen molar-refractivity contribution < 1.29 is 9.32 Å². The third-order valence-electron chi connectivity index (χ3n) is 4.33. The van der Waals surface area contributed by atoms with Crippen molar-refractivity contribution in [3.8, 4) is 0 Å². The van der Waals surface area contributed by atoms with Gasteiger partial charge in [0.1, 0.15) is 5.76 Å². The van der Waals surface area contributed by atoms with Crippen LogP contribution >= 0.6 is 11.6 Å². The Morgan fingerprint density at radius 3 is 2.83 bits per heavy atom. The van der Waals surface area contributed by atoms with Crippen molar-refractivity contribution >= 4 is 17.6 Å². The molecule has 1 saturated carbocycles. The van der Waals surface area contributed by atoms with E-state index in [1.54, 1.807) is 11.9 Å². The van der Waals surface area contributed by atoms with E-state index >= 15 is 0 Å². The van der Waals surface area contributed by atoms with E-state index in [0.29, 0.717) is 12.5 Å². The summed E-state index contributed by atoms with van der Waals surface area (Å²) in [6.07, 6.45) is 0.925. The second-order valence-electron chi connectivity index (χ2n) is 6.08. The maximum atomic E-state index is 12.3. The summed E-state index contributed by atoms with van der Waals surface area (Å²) in [5.41, 5.74) is 2.89. The molecule has 3 rings (SSSR count). The van der Waals surface area contributed by atoms with Gasteiger partial charge in [-0.2, -0.15) is 0 Å². The number of carbonyl (C=O) groups excluding carboxylic acids is 1. The van der Waals surface area contributed by atoms with Crippen LogP contribution in [0, 0.1) is 13.8 Å². The lowest BCUT2D eigenvalue weighted by Gasteiger charge is -2.18. The van der Waals surface area contributed by atoms with E-state index in [0.717, 1.165) is 34.0 Å². The summed E-state index contributed by atoms with van der Waals surface area (Å²) in [6, 6.07) is 7.85. The average molecular weight is 334 g/mol. The Kier molecular flexibility index (Phi) is 4.31. The highest BCUT2D eigenvalue weighted by molar-refractivity contribution is 6.31. The molecule has 0 saturated heterocycles. The van der Waals surface area contributed by atoms with Gasteiger partial charge in [-0.3, -0.25) is 0 Å². The van der Waals surface area contributed by atoms with Crippen LogP contribution in [0.4, 0.5) is 4.79 Å². The molecule has 0 bridgehead atoms. The molecule has 2 unspecified atom stereocenters. The van der Waals surface area contributed by atoms with Gasteiger partial charge in [0.25, 0.3) is 0 Å². The molecule has 1 aromatic carbocycles. The van der Waals surface area contributed by atoms with Crippen LogP contribution in [0.1, 0.15) is 34.9 Å². The highest BCUT2D eigenvalue weighted by Crippen LogP contribution is 2.43. The van der Waals surface area contributed by atoms with Crippen molar-refractivity contribution in [3.05, 3.63) is 51.9 Å². The van der Waals surface area contributed by atoms with Gasteiger partial charge in [-0.15, -0.1) is 0 Å². The second kappa shape index (κ2) is 6.24. The summed E-state index contributed by atoms with van der Waals surface area (Å²) in [5, 5.41) is 7.74. The Morgan fingerprint density at radius 1 is 1.43 bits per heavy atom. The van der Waals surface area contributed by atoms with Gasteiger partial charge in [0.2, 0.25) is 0 Å². The molecule has 5 nitrogen and oxygen atoms in total. The van der Waals surface area contributed by atoms with Crippen LogP contribution < -0.4 is 5.32 Å². The smallest absolute Gasteiger partial charge is 0.317 e. The number of halogens is 1. The summed E-state index contributed by atoms with van der Waals surface area (Å²) >= 11 is 6.21. The Labute approximate surface area is 140 Å². The van der Waals surface area contributed by atoms with E-state index < -0.39 is 0 Å². The highest BCUT2D eigenvalue weighted by Gasteiger charge is 2.41. The van der Waals surface area contributed by atoms with Gasteiger partial charge in [0.05, 0.1) is 12.2 Å². The Hall–Kier alpha value is -2.01. The van der Waals surface area contributed by atoms with Crippen molar-refractivity contribution in [3.63, 3.8) is 0 Å². The van der Waals surface area contributed by atoms with Crippen LogP contribution in [0.25, 0.3) is 0 Å². The zero-order valence-corrected chi connectivity index (χ0v) is 14.2. The molecule has 1 aromatic heterocycles. The predicted octanol–water partition coefficient (Wildman–Crippen LogP) is 3.64. The minimum absolute atomic E-state index is 0.0930. The first-order chi connectivity index (χ1) is 11.0. The zero-order valence-electron chi connectivity index (χ0n) is 13.5. The normalized spacial score (nSPS) is 19.5. The number of benzene rings is 1. The third-order valence-corrected chi connectivity index (χ3v) is 4.67. The summed E-state index contributed by atoms with van der Waals surface area (Å²) < 4.78 is 5.13. The molecule has 0 spiro atoms. The average Bonchev–Trinajstić information content (AvgIpc) is 3.21. The van der Waals surface area contributed by atoms with Crippen LogP contribution in [0.3, 0.4) is 0 Å². The van der Waals surface area contributed by atoms with E-state index in [4.69, 9.17) is 16.1 Å². The van der Waals surface area contributed by atoms with Crippen LogP contribution in [-0.4, -0.2) is 29.2 Å². The first kappa shape index (κ1) is 15.9. The largest absolute Gasteiger partial charge is 0.361 e. The maximum absolute atomic E-state index is 12.3. The van der Waals surface area contributed by atoms with E-state index in [9.17, 15) is 4.79 Å². The molecule has 0 aliphatic heterocycles. The van der Waals surface area contributed by atoms with Crippen molar-refractivity contribution in [2.24, 2.45) is 0 Å². The number of rotatable bonds is 4. The Bertz CT molecular complexity index is 709. The highest BCUT2D eigenvalue weighted by atomic mass is 35.5. The molecule has 2 amide bonds. The standard InChI is InChI=1S/C17H20ClN3O2/c1-10-14(11(2)23-20-10)9-21(3)17(22)19-16-8-13(16)12-6-4-5-7-15(12)18/h4-7,13,16H,8-9H2,1-3H3,(H,19,22). The summed E-state index contributed by atoms with van der Waals surface area (Å²) in [5.74, 6) is 1.06. The molecule has 2 aromatic rings. The Morgan fingerprint density at radius 2 is 2.17 bits per heavy atom. The molecule has 0 radical (unpaired) electrons. The molecule has 1 aliphatic carbocycles. The van der Waals surface area contributed by atoms with Gasteiger partial charge < -0.3 is 14.7 Å². The van der Waals surface area contributed by atoms with E-state index in [1.807, 2.05) is 38.1 Å². The van der Waals surface area contributed by atoms with Gasteiger partial charge >= 0.3 is 6.03 Å². The van der Waals surface area contributed by atoms with Crippen LogP contribution in [0.15, 0.2) is 28.8 Å². The van der Waals surface area contributed by atoms with Crippen molar-refractivity contribution in [2.45, 2.75) is 38.8 Å². The molecule has 23 heavy (non-hydrogen) atoms. The fourth-order valence-electron chi connectivity index (χ4n) is 2.78. The number of hydrogen-bond donors (Lipinski definition) is 1. The first-order valence-corrected chi connectivity index (χ1v) is 8.03. The molecule has 6 heteroatoms. The molecule has 1 fully saturated rings. The predicted molar refractivity (Wildman–Crippen MR) is 88.6 cm³/mol. The van der Waals surface area contributed by atoms with Crippen molar-refractivity contribution in [1.82, 2.24) is 15.4 Å². The molecule has 1 aliphatic rings. The third kappa shape index (κ3) is 3.34. The molecule has 122 valence electrons. The topological polar surface area (TPSA) is 58.4 Å². The Balaban J connectivity index is 1.57. The molecular weight excluding hydrogens is 314 g/mol. The summed E-state index contributed by atoms with van der Waals surface area (Å²) in [7, 11) is 1.77. The van der Waals surface area contributed by atoms with E-state index in [1.165, 1.54) is 0 Å². The fourth-order valence-corrected chi connectivity index (χ4v) is 3.06. The number of amides is 2. The number of carbonyl (C=O) groups is 1. The second-order valence-corrected chi connectivity index (χ2v) is 6.49. The first-order valence-electron chi connectivity index (χ1n) is 7.65. The quantitative estimate of drug-likeness (QED) is 0.929. The van der Waals surface area contributed by atoms with Crippen molar-refractivity contribution in [1.29, 1.82) is 0 Å². The molecular formula is C17H20ClN3O2. The SMILES string of the molecule is Cc1noc(C)c1CN(C)C(=O)NC1CC1c1ccccc1Cl. The van der Waals surface area contributed by atoms with Gasteiger partial charge in [0, 0.05) is 29.6 Å². The van der Waals surface area contributed by atoms with Crippen LogP contribution in [0.5, 0.6) is 0 Å². The maximum Gasteiger partial charge on any atom is 0.317 e. The molecule has 1 heterocycles. The number of urea groups is 1. The number of nitrogens with one attached hydrogen (secondary N) is 1. The number of aryl methyl sites for hydroxylation is 2. The van der Waals surface area contributed by atoms with Gasteiger partial charge in [0.15, 0.2) is 0 Å². The molecule has 2 atom stereocenters. The minimum atomic E-state index is -0.0930. The monoisotopic (exact) mass is 333 g/mol. The zero-order chi connectivity index (χ0) is 16.6. The summed E-state index contributed by atoms with van der Waals surface area (Å²) in [4.78, 5) is 14.0. The van der Waals surface area contributed by atoms with Gasteiger partial charge in [-0.05, 0) is 31.9 Å². The molecule has 1 N–H and O–H groups in total. The number of aromatic nitrogens is 1. The number of nitrogens with zero attached hydrogens (tertiary/aromatic N) is 2. The lowest BCUT2D eigenvalue weighted by molar-refractivity contribution is 0.206. The summed E-state index contributed by atoms with van der Waals surface area (Å²) in [6.45, 7) is 4.22. The van der Waals surface area contributed by atoms with Crippen LogP contribution in [-0.2, 0) is 6.54 Å². The van der Waals surface area contributed by atoms with E-state index in [-0.39, 0.29) is 12.1 Å².